The van der Waals surface area contributed by atoms with Crippen LogP contribution in [0.1, 0.15) is 48.1 Å². The van der Waals surface area contributed by atoms with Crippen LogP contribution in [0.5, 0.6) is 0 Å². The van der Waals surface area contributed by atoms with Crippen LogP contribution in [0.25, 0.3) is 0 Å². The van der Waals surface area contributed by atoms with Crippen LogP contribution in [-0.4, -0.2) is 15.7 Å². The van der Waals surface area contributed by atoms with E-state index >= 15 is 0 Å². The van der Waals surface area contributed by atoms with E-state index in [4.69, 9.17) is 0 Å². The summed E-state index contributed by atoms with van der Waals surface area (Å²) in [7, 11) is 0. The van der Waals surface area contributed by atoms with Gasteiger partial charge in [0, 0.05) is 24.4 Å². The molecule has 1 amide bonds. The minimum Gasteiger partial charge on any atom is -0.311 e. The van der Waals surface area contributed by atoms with Gasteiger partial charge in [-0.1, -0.05) is 25.1 Å². The molecule has 1 aromatic carbocycles. The number of benzene rings is 1. The Morgan fingerprint density at radius 2 is 2.23 bits per heavy atom. The number of fused-ring (bicyclic) bond motifs is 1. The molecule has 112 valence electrons. The van der Waals surface area contributed by atoms with Crippen LogP contribution in [0.3, 0.4) is 0 Å². The second-order valence-corrected chi connectivity index (χ2v) is 5.57. The third kappa shape index (κ3) is 2.27. The molecule has 5 heteroatoms. The fourth-order valence-electron chi connectivity index (χ4n) is 3.16. The van der Waals surface area contributed by atoms with Gasteiger partial charge in [0.1, 0.15) is 5.82 Å². The summed E-state index contributed by atoms with van der Waals surface area (Å²) in [5, 5.41) is 16.9. The van der Waals surface area contributed by atoms with E-state index in [1.54, 1.807) is 6.07 Å². The highest BCUT2D eigenvalue weighted by molar-refractivity contribution is 5.94. The van der Waals surface area contributed by atoms with Gasteiger partial charge in [-0.05, 0) is 25.0 Å². The van der Waals surface area contributed by atoms with Crippen molar-refractivity contribution in [2.45, 2.75) is 39.2 Å². The topological polar surface area (TPSA) is 70.7 Å². The number of nitrogens with one attached hydrogen (secondary N) is 1. The molecule has 1 aromatic heterocycles. The van der Waals surface area contributed by atoms with Gasteiger partial charge in [0.2, 0.25) is 5.91 Å². The van der Waals surface area contributed by atoms with Gasteiger partial charge in [-0.25, -0.2) is 4.68 Å². The number of rotatable bonds is 3. The molecule has 0 spiro atoms. The molecule has 0 saturated carbocycles. The lowest BCUT2D eigenvalue weighted by atomic mass is 9.83. The molecule has 0 bridgehead atoms. The summed E-state index contributed by atoms with van der Waals surface area (Å²) in [4.78, 5) is 12.1. The molecule has 1 atom stereocenters. The normalized spacial score (nSPS) is 16.8. The van der Waals surface area contributed by atoms with Crippen LogP contribution in [0.15, 0.2) is 24.3 Å². The van der Waals surface area contributed by atoms with E-state index in [0.717, 1.165) is 35.6 Å². The Morgan fingerprint density at radius 3 is 2.95 bits per heavy atom. The maximum atomic E-state index is 12.1. The molecule has 0 fully saturated rings. The number of carbonyl (C=O) groups is 1. The van der Waals surface area contributed by atoms with Gasteiger partial charge in [-0.2, -0.15) is 10.4 Å². The van der Waals surface area contributed by atoms with E-state index in [1.807, 2.05) is 29.8 Å². The first-order valence-corrected chi connectivity index (χ1v) is 7.51. The van der Waals surface area contributed by atoms with Crippen LogP contribution in [-0.2, 0) is 11.3 Å². The summed E-state index contributed by atoms with van der Waals surface area (Å²) in [6.07, 6.45) is 1.30. The number of aryl methyl sites for hydroxylation is 2. The van der Waals surface area contributed by atoms with Crippen molar-refractivity contribution < 1.29 is 4.79 Å². The Balaban J connectivity index is 2.16. The smallest absolute Gasteiger partial charge is 0.226 e. The van der Waals surface area contributed by atoms with Gasteiger partial charge in [0.05, 0.1) is 17.3 Å². The van der Waals surface area contributed by atoms with Gasteiger partial charge in [-0.3, -0.25) is 4.79 Å². The van der Waals surface area contributed by atoms with Crippen LogP contribution in [0, 0.1) is 18.3 Å². The predicted octanol–water partition coefficient (Wildman–Crippen LogP) is 2.95. The monoisotopic (exact) mass is 294 g/mol. The zero-order valence-corrected chi connectivity index (χ0v) is 12.8. The van der Waals surface area contributed by atoms with Gasteiger partial charge in [0.25, 0.3) is 0 Å². The molecule has 22 heavy (non-hydrogen) atoms. The van der Waals surface area contributed by atoms with Crippen molar-refractivity contribution in [3.63, 3.8) is 0 Å². The molecule has 2 heterocycles. The zero-order valence-electron chi connectivity index (χ0n) is 12.8. The van der Waals surface area contributed by atoms with Gasteiger partial charge in [0.15, 0.2) is 0 Å². The number of amides is 1. The SMILES string of the molecule is CCCn1nc(C)c2c1NC(=O)CC2c1ccccc1C#N. The lowest BCUT2D eigenvalue weighted by Gasteiger charge is -2.25. The third-order valence-electron chi connectivity index (χ3n) is 4.06. The van der Waals surface area contributed by atoms with Crippen LogP contribution < -0.4 is 5.32 Å². The highest BCUT2D eigenvalue weighted by Crippen LogP contribution is 2.40. The fraction of sp³-hybridized carbons (Fsp3) is 0.353. The second-order valence-electron chi connectivity index (χ2n) is 5.57. The Morgan fingerprint density at radius 1 is 1.45 bits per heavy atom. The number of hydrogen-bond donors (Lipinski definition) is 1. The quantitative estimate of drug-likeness (QED) is 0.946. The largest absolute Gasteiger partial charge is 0.311 e. The lowest BCUT2D eigenvalue weighted by molar-refractivity contribution is -0.116. The Hall–Kier alpha value is -2.61. The average molecular weight is 294 g/mol. The van der Waals surface area contributed by atoms with E-state index in [0.29, 0.717) is 12.0 Å². The van der Waals surface area contributed by atoms with Crippen molar-refractivity contribution in [3.05, 3.63) is 46.6 Å². The third-order valence-corrected chi connectivity index (χ3v) is 4.06. The van der Waals surface area contributed by atoms with Crippen LogP contribution >= 0.6 is 0 Å². The molecule has 5 nitrogen and oxygen atoms in total. The number of nitriles is 1. The predicted molar refractivity (Wildman–Crippen MR) is 83.5 cm³/mol. The minimum atomic E-state index is -0.106. The first-order valence-electron chi connectivity index (χ1n) is 7.51. The Bertz CT molecular complexity index is 769. The second kappa shape index (κ2) is 5.64. The zero-order chi connectivity index (χ0) is 15.7. The van der Waals surface area contributed by atoms with Crippen molar-refractivity contribution in [3.8, 4) is 6.07 Å². The van der Waals surface area contributed by atoms with Crippen molar-refractivity contribution in [1.29, 1.82) is 5.26 Å². The highest BCUT2D eigenvalue weighted by Gasteiger charge is 2.33. The summed E-state index contributed by atoms with van der Waals surface area (Å²) in [6.45, 7) is 4.81. The summed E-state index contributed by atoms with van der Waals surface area (Å²) < 4.78 is 1.86. The van der Waals surface area contributed by atoms with Crippen molar-refractivity contribution in [1.82, 2.24) is 9.78 Å². The molecule has 0 aliphatic carbocycles. The number of hydrogen-bond acceptors (Lipinski definition) is 3. The number of carbonyl (C=O) groups excluding carboxylic acids is 1. The molecule has 1 aliphatic rings. The summed E-state index contributed by atoms with van der Waals surface area (Å²) in [5.74, 6) is 0.654. The van der Waals surface area contributed by atoms with Crippen molar-refractivity contribution in [2.24, 2.45) is 0 Å². The van der Waals surface area contributed by atoms with E-state index < -0.39 is 0 Å². The maximum absolute atomic E-state index is 12.1. The fourth-order valence-corrected chi connectivity index (χ4v) is 3.16. The molecule has 1 unspecified atom stereocenters. The molecule has 3 rings (SSSR count). The molecular formula is C17H18N4O. The molecular weight excluding hydrogens is 276 g/mol. The summed E-state index contributed by atoms with van der Waals surface area (Å²) in [6, 6.07) is 9.72. The van der Waals surface area contributed by atoms with E-state index in [-0.39, 0.29) is 11.8 Å². The lowest BCUT2D eigenvalue weighted by Crippen LogP contribution is -2.25. The van der Waals surface area contributed by atoms with Crippen molar-refractivity contribution >= 4 is 11.7 Å². The summed E-state index contributed by atoms with van der Waals surface area (Å²) in [5.41, 5.74) is 3.48. The van der Waals surface area contributed by atoms with Crippen LogP contribution in [0.4, 0.5) is 5.82 Å². The van der Waals surface area contributed by atoms with E-state index in [2.05, 4.69) is 23.4 Å². The average Bonchev–Trinajstić information content (AvgIpc) is 2.83. The Kier molecular flexibility index (Phi) is 3.68. The standard InChI is InChI=1S/C17H18N4O/c1-3-8-21-17-16(11(2)20-21)14(9-15(22)19-17)13-7-5-4-6-12(13)10-18/h4-7,14H,3,8-9H2,1-2H3,(H,19,22). The summed E-state index contributed by atoms with van der Waals surface area (Å²) >= 11 is 0. The maximum Gasteiger partial charge on any atom is 0.226 e. The van der Waals surface area contributed by atoms with E-state index in [9.17, 15) is 10.1 Å². The number of aromatic nitrogens is 2. The van der Waals surface area contributed by atoms with Gasteiger partial charge in [-0.15, -0.1) is 0 Å². The Labute approximate surface area is 129 Å². The highest BCUT2D eigenvalue weighted by atomic mass is 16.1. The molecule has 1 N–H and O–H groups in total. The molecule has 1 aliphatic heterocycles. The minimum absolute atomic E-state index is 0.0255. The molecule has 2 aromatic rings. The molecule has 0 saturated heterocycles. The first kappa shape index (κ1) is 14.3. The molecule has 0 radical (unpaired) electrons. The van der Waals surface area contributed by atoms with E-state index in [1.165, 1.54) is 0 Å². The van der Waals surface area contributed by atoms with Crippen LogP contribution in [0.2, 0.25) is 0 Å². The van der Waals surface area contributed by atoms with Gasteiger partial charge >= 0.3 is 0 Å². The van der Waals surface area contributed by atoms with Gasteiger partial charge < -0.3 is 5.32 Å². The first-order chi connectivity index (χ1) is 10.7. The number of nitrogens with zero attached hydrogens (tertiary/aromatic N) is 3. The van der Waals surface area contributed by atoms with Crippen molar-refractivity contribution in [2.75, 3.05) is 5.32 Å². The number of anilines is 1.